The monoisotopic (exact) mass is 524 g/mol. The van der Waals surface area contributed by atoms with Gasteiger partial charge in [0.25, 0.3) is 5.91 Å². The number of hydrogen-bond donors (Lipinski definition) is 1. The van der Waals surface area contributed by atoms with Crippen molar-refractivity contribution < 1.29 is 4.79 Å². The molecule has 0 spiro atoms. The van der Waals surface area contributed by atoms with E-state index in [0.717, 1.165) is 44.2 Å². The summed E-state index contributed by atoms with van der Waals surface area (Å²) in [6.07, 6.45) is 0. The van der Waals surface area contributed by atoms with Gasteiger partial charge >= 0.3 is 0 Å². The average Bonchev–Trinajstić information content (AvgIpc) is 3.29. The maximum Gasteiger partial charge on any atom is 0.250 e. The van der Waals surface area contributed by atoms with E-state index in [1.807, 2.05) is 85.8 Å². The van der Waals surface area contributed by atoms with Crippen LogP contribution in [0, 0.1) is 0 Å². The second-order valence-electron chi connectivity index (χ2n) is 8.52. The highest BCUT2D eigenvalue weighted by molar-refractivity contribution is 7.99. The smallest absolute Gasteiger partial charge is 0.250 e. The van der Waals surface area contributed by atoms with Gasteiger partial charge in [-0.2, -0.15) is 5.10 Å². The number of thioether (sulfide) groups is 1. The normalized spacial score (nSPS) is 11.6. The Morgan fingerprint density at radius 2 is 1.57 bits per heavy atom. The molecular weight excluding hydrogens is 500 g/mol. The number of fused-ring (bicyclic) bond motifs is 1. The van der Waals surface area contributed by atoms with Crippen molar-refractivity contribution in [3.05, 3.63) is 119 Å². The highest BCUT2D eigenvalue weighted by Crippen LogP contribution is 2.27. The number of halogens is 1. The van der Waals surface area contributed by atoms with Crippen molar-refractivity contribution in [2.75, 3.05) is 5.75 Å². The van der Waals surface area contributed by atoms with Crippen LogP contribution >= 0.6 is 23.4 Å². The number of benzene rings is 4. The van der Waals surface area contributed by atoms with E-state index in [0.29, 0.717) is 11.6 Å². The summed E-state index contributed by atoms with van der Waals surface area (Å²) in [5.41, 5.74) is 9.55. The number of rotatable bonds is 8. The van der Waals surface area contributed by atoms with Gasteiger partial charge in [0.1, 0.15) is 0 Å². The molecule has 1 heterocycles. The molecule has 37 heavy (non-hydrogen) atoms. The van der Waals surface area contributed by atoms with Gasteiger partial charge in [0.15, 0.2) is 5.16 Å². The maximum atomic E-state index is 12.6. The molecule has 5 nitrogen and oxygen atoms in total. The van der Waals surface area contributed by atoms with Crippen LogP contribution in [0.2, 0.25) is 5.02 Å². The van der Waals surface area contributed by atoms with Gasteiger partial charge in [0.2, 0.25) is 0 Å². The van der Waals surface area contributed by atoms with Gasteiger partial charge < -0.3 is 4.57 Å². The van der Waals surface area contributed by atoms with Gasteiger partial charge in [-0.1, -0.05) is 108 Å². The lowest BCUT2D eigenvalue weighted by Gasteiger charge is -2.10. The molecule has 0 saturated heterocycles. The van der Waals surface area contributed by atoms with E-state index in [1.54, 1.807) is 0 Å². The van der Waals surface area contributed by atoms with Gasteiger partial charge in [-0.15, -0.1) is 0 Å². The Morgan fingerprint density at radius 1 is 0.892 bits per heavy atom. The van der Waals surface area contributed by atoms with E-state index in [4.69, 9.17) is 16.6 Å². The highest BCUT2D eigenvalue weighted by atomic mass is 35.5. The lowest BCUT2D eigenvalue weighted by molar-refractivity contribution is -0.118. The summed E-state index contributed by atoms with van der Waals surface area (Å²) in [6, 6.07) is 34.1. The number of nitrogens with one attached hydrogen (secondary N) is 1. The van der Waals surface area contributed by atoms with E-state index in [9.17, 15) is 4.79 Å². The molecule has 0 aliphatic heterocycles. The summed E-state index contributed by atoms with van der Waals surface area (Å²) in [7, 11) is 0. The quantitative estimate of drug-likeness (QED) is 0.134. The van der Waals surface area contributed by atoms with Gasteiger partial charge in [0, 0.05) is 5.02 Å². The zero-order valence-corrected chi connectivity index (χ0v) is 21.8. The molecule has 0 atom stereocenters. The van der Waals surface area contributed by atoms with E-state index in [2.05, 4.69) is 39.4 Å². The van der Waals surface area contributed by atoms with Crippen LogP contribution in [0.5, 0.6) is 0 Å². The lowest BCUT2D eigenvalue weighted by atomic mass is 10.0. The molecule has 0 bridgehead atoms. The topological polar surface area (TPSA) is 59.3 Å². The van der Waals surface area contributed by atoms with Crippen LogP contribution in [0.25, 0.3) is 22.2 Å². The van der Waals surface area contributed by atoms with Crippen LogP contribution in [0.1, 0.15) is 18.1 Å². The molecule has 5 rings (SSSR count). The van der Waals surface area contributed by atoms with Crippen molar-refractivity contribution in [2.45, 2.75) is 18.6 Å². The number of hydrogen-bond acceptors (Lipinski definition) is 4. The number of imidazole rings is 1. The molecule has 184 valence electrons. The Labute approximate surface area is 225 Å². The van der Waals surface area contributed by atoms with Gasteiger partial charge in [-0.05, 0) is 47.4 Å². The van der Waals surface area contributed by atoms with Crippen molar-refractivity contribution in [1.82, 2.24) is 15.0 Å². The average molecular weight is 525 g/mol. The minimum atomic E-state index is -0.193. The Morgan fingerprint density at radius 3 is 2.35 bits per heavy atom. The van der Waals surface area contributed by atoms with Crippen molar-refractivity contribution in [3.8, 4) is 11.1 Å². The predicted octanol–water partition coefficient (Wildman–Crippen LogP) is 7.04. The van der Waals surface area contributed by atoms with Crippen LogP contribution in [0.4, 0.5) is 0 Å². The van der Waals surface area contributed by atoms with Gasteiger partial charge in [-0.3, -0.25) is 4.79 Å². The first kappa shape index (κ1) is 24.8. The van der Waals surface area contributed by atoms with Crippen molar-refractivity contribution in [3.63, 3.8) is 0 Å². The fourth-order valence-corrected chi connectivity index (χ4v) is 5.02. The molecule has 0 saturated carbocycles. The number of nitrogens with zero attached hydrogens (tertiary/aromatic N) is 3. The molecular formula is C30H25ClN4OS. The van der Waals surface area contributed by atoms with Crippen molar-refractivity contribution >= 4 is 46.0 Å². The molecule has 7 heteroatoms. The third-order valence-electron chi connectivity index (χ3n) is 6.00. The fourth-order valence-electron chi connectivity index (χ4n) is 4.02. The Kier molecular flexibility index (Phi) is 7.68. The number of aromatic nitrogens is 2. The van der Waals surface area contributed by atoms with E-state index < -0.39 is 0 Å². The number of para-hydroxylation sites is 2. The summed E-state index contributed by atoms with van der Waals surface area (Å²) in [6.45, 7) is 2.45. The van der Waals surface area contributed by atoms with Crippen molar-refractivity contribution in [1.29, 1.82) is 0 Å². The molecule has 0 aliphatic carbocycles. The highest BCUT2D eigenvalue weighted by Gasteiger charge is 2.14. The minimum absolute atomic E-state index is 0.190. The van der Waals surface area contributed by atoms with Crippen LogP contribution in [-0.4, -0.2) is 26.9 Å². The standard InChI is InChI=1S/C30H25ClN4OS/c1-21(22-15-17-24(18-16-22)23-9-3-2-4-10-23)33-34-29(36)20-37-30-32-27-13-7-8-14-28(27)35(30)19-25-11-5-6-12-26(25)31/h2-18H,19-20H2,1H3,(H,34,36). The molecule has 0 fully saturated rings. The van der Waals surface area contributed by atoms with E-state index in [1.165, 1.54) is 11.8 Å². The number of carbonyl (C=O) groups is 1. The zero-order valence-electron chi connectivity index (χ0n) is 20.3. The van der Waals surface area contributed by atoms with Gasteiger partial charge in [0.05, 0.1) is 29.0 Å². The summed E-state index contributed by atoms with van der Waals surface area (Å²) in [5, 5.41) is 5.77. The third kappa shape index (κ3) is 5.93. The molecule has 4 aromatic carbocycles. The summed E-state index contributed by atoms with van der Waals surface area (Å²) >= 11 is 7.79. The summed E-state index contributed by atoms with van der Waals surface area (Å²) in [5.74, 6) is -0.00291. The minimum Gasteiger partial charge on any atom is -0.314 e. The molecule has 0 unspecified atom stereocenters. The Hall–Kier alpha value is -3.87. The first-order valence-electron chi connectivity index (χ1n) is 11.9. The second-order valence-corrected chi connectivity index (χ2v) is 9.87. The largest absolute Gasteiger partial charge is 0.314 e. The van der Waals surface area contributed by atoms with E-state index in [-0.39, 0.29) is 11.7 Å². The molecule has 0 radical (unpaired) electrons. The van der Waals surface area contributed by atoms with Crippen LogP contribution in [-0.2, 0) is 11.3 Å². The van der Waals surface area contributed by atoms with Gasteiger partial charge in [-0.25, -0.2) is 10.4 Å². The molecule has 5 aromatic rings. The molecule has 0 aliphatic rings. The predicted molar refractivity (Wildman–Crippen MR) is 153 cm³/mol. The molecule has 1 amide bonds. The number of hydrazone groups is 1. The molecule has 1 aromatic heterocycles. The zero-order chi connectivity index (χ0) is 25.6. The number of carbonyl (C=O) groups excluding carboxylic acids is 1. The first-order valence-corrected chi connectivity index (χ1v) is 13.3. The van der Waals surface area contributed by atoms with Crippen LogP contribution < -0.4 is 5.43 Å². The lowest BCUT2D eigenvalue weighted by Crippen LogP contribution is -2.21. The first-order chi connectivity index (χ1) is 18.1. The Balaban J connectivity index is 1.25. The third-order valence-corrected chi connectivity index (χ3v) is 7.34. The SMILES string of the molecule is CC(=NNC(=O)CSc1nc2ccccc2n1Cc1ccccc1Cl)c1ccc(-c2ccccc2)cc1. The summed E-state index contributed by atoms with van der Waals surface area (Å²) < 4.78 is 2.09. The Bertz CT molecular complexity index is 1560. The molecule has 1 N–H and O–H groups in total. The van der Waals surface area contributed by atoms with Crippen molar-refractivity contribution in [2.24, 2.45) is 5.10 Å². The van der Waals surface area contributed by atoms with E-state index >= 15 is 0 Å². The maximum absolute atomic E-state index is 12.6. The van der Waals surface area contributed by atoms with Crippen LogP contribution in [0.3, 0.4) is 0 Å². The number of amides is 1. The van der Waals surface area contributed by atoms with Crippen LogP contribution in [0.15, 0.2) is 113 Å². The summed E-state index contributed by atoms with van der Waals surface area (Å²) in [4.78, 5) is 17.4. The fraction of sp³-hybridized carbons (Fsp3) is 0.100. The second kappa shape index (κ2) is 11.5.